The first kappa shape index (κ1) is 81.2. The van der Waals surface area contributed by atoms with Crippen molar-refractivity contribution < 1.29 is 62.6 Å². The van der Waals surface area contributed by atoms with Gasteiger partial charge < -0.3 is 33.2 Å². The topological polar surface area (TPSA) is 278 Å². The average Bonchev–Trinajstić information content (AvgIpc) is 1.46. The van der Waals surface area contributed by atoms with E-state index in [1.165, 1.54) is 103 Å². The number of allylic oxidation sites excluding steroid dienone is 4. The molecular formula is C76H69BCl5F3N15NaO4S. The molecule has 7 aromatic heterocycles. The van der Waals surface area contributed by atoms with Gasteiger partial charge in [-0.3, -0.25) is 15.0 Å². The molecule has 15 rings (SSSR count). The summed E-state index contributed by atoms with van der Waals surface area (Å²) < 4.78 is 60.7. The Balaban J connectivity index is 0.000000167. The van der Waals surface area contributed by atoms with Crippen LogP contribution in [0, 0.1) is 17.5 Å². The van der Waals surface area contributed by atoms with Crippen LogP contribution in [0.2, 0.25) is 25.8 Å². The average molecular weight is 1560 g/mol. The summed E-state index contributed by atoms with van der Waals surface area (Å²) in [5, 5.41) is 27.2. The van der Waals surface area contributed by atoms with Crippen molar-refractivity contribution in [2.45, 2.75) is 56.5 Å². The summed E-state index contributed by atoms with van der Waals surface area (Å²) in [6.07, 6.45) is 27.2. The molecule has 4 aliphatic rings. The zero-order valence-corrected chi connectivity index (χ0v) is 63.9. The first-order valence-electron chi connectivity index (χ1n) is 32.9. The summed E-state index contributed by atoms with van der Waals surface area (Å²) in [5.74, 6) is 0.0494. The molecule has 4 aliphatic carbocycles. The molecule has 538 valence electrons. The van der Waals surface area contributed by atoms with Crippen LogP contribution in [0.4, 0.5) is 31.0 Å². The molecule has 0 aliphatic heterocycles. The van der Waals surface area contributed by atoms with Gasteiger partial charge in [0.2, 0.25) is 32.8 Å². The molecule has 0 spiro atoms. The van der Waals surface area contributed by atoms with Gasteiger partial charge in [0.05, 0.1) is 30.0 Å². The van der Waals surface area contributed by atoms with E-state index in [1.54, 1.807) is 30.7 Å². The largest absolute Gasteiger partial charge is 1.00 e. The number of rotatable bonds is 18. The molecule has 0 saturated heterocycles. The third-order valence-electron chi connectivity index (χ3n) is 16.2. The van der Waals surface area contributed by atoms with Gasteiger partial charge in [0.15, 0.2) is 0 Å². The molecule has 0 radical (unpaired) electrons. The maximum Gasteiger partial charge on any atom is 1.00 e. The molecule has 0 saturated carbocycles. The second-order valence-electron chi connectivity index (χ2n) is 23.6. The zero-order chi connectivity index (χ0) is 74.2. The molecule has 30 heteroatoms. The summed E-state index contributed by atoms with van der Waals surface area (Å²) in [5.41, 5.74) is 24.4. The van der Waals surface area contributed by atoms with Gasteiger partial charge in [-0.1, -0.05) is 179 Å². The van der Waals surface area contributed by atoms with Gasteiger partial charge in [0, 0.05) is 85.5 Å². The molecule has 0 unspecified atom stereocenters. The van der Waals surface area contributed by atoms with E-state index >= 15 is 0 Å². The van der Waals surface area contributed by atoms with Crippen LogP contribution in [0.5, 0.6) is 0 Å². The van der Waals surface area contributed by atoms with Crippen LogP contribution in [0.25, 0.3) is 44.8 Å². The van der Waals surface area contributed by atoms with E-state index < -0.39 is 28.6 Å². The predicted molar refractivity (Wildman–Crippen MR) is 413 cm³/mol. The summed E-state index contributed by atoms with van der Waals surface area (Å²) in [4.78, 5) is 43.6. The van der Waals surface area contributed by atoms with Crippen LogP contribution in [-0.4, -0.2) is 113 Å². The maximum atomic E-state index is 13.4. The van der Waals surface area contributed by atoms with E-state index in [9.17, 15) is 21.6 Å². The molecule has 0 atom stereocenters. The van der Waals surface area contributed by atoms with E-state index in [4.69, 9.17) is 73.8 Å². The minimum absolute atomic E-state index is 0. The zero-order valence-electron chi connectivity index (χ0n) is 58.3. The number of anilines is 3. The molecule has 19 nitrogen and oxygen atoms in total. The number of sulfone groups is 1. The van der Waals surface area contributed by atoms with E-state index in [1.807, 2.05) is 0 Å². The van der Waals surface area contributed by atoms with Crippen molar-refractivity contribution in [2.75, 3.05) is 48.4 Å². The first-order valence-corrected chi connectivity index (χ1v) is 36.7. The minimum Gasteiger partial charge on any atom is -1.00 e. The Morgan fingerprint density at radius 3 is 1.21 bits per heavy atom. The maximum absolute atomic E-state index is 13.4. The number of nitrogens with zero attached hydrogens (tertiary/aromatic N) is 11. The molecule has 106 heavy (non-hydrogen) atoms. The van der Waals surface area contributed by atoms with Crippen molar-refractivity contribution in [3.63, 3.8) is 0 Å². The van der Waals surface area contributed by atoms with E-state index in [2.05, 4.69) is 192 Å². The Kier molecular flexibility index (Phi) is 30.8. The van der Waals surface area contributed by atoms with Crippen LogP contribution in [-0.2, 0) is 35.5 Å². The molecule has 4 aromatic carbocycles. The van der Waals surface area contributed by atoms with Crippen LogP contribution < -0.4 is 56.7 Å². The number of fused-ring (bicyclic) bond motifs is 4. The van der Waals surface area contributed by atoms with Crippen molar-refractivity contribution in [3.05, 3.63) is 295 Å². The number of hydrogen-bond donors (Lipinski definition) is 6. The van der Waals surface area contributed by atoms with E-state index in [0.717, 1.165) is 95.7 Å². The predicted octanol–water partition coefficient (Wildman–Crippen LogP) is 12.3. The number of aromatic nitrogens is 11. The third-order valence-corrected chi connectivity index (χ3v) is 18.0. The SMILES string of the molecule is CS(=O)(=O)c1nc(Cl)cc(Cl)n1.Clc1cc(Cl)nc(NCCC2=CCc3ccccc32)n1.Fc1cncc(-c2cc(Cl)nc(NCCC3=CCc4ccccc43)n2)c1.Fc1cncc(-c2ccnc(NCCC3=CCc4ccccc43)n2)c1.NCCC1=CCc2ccccc21.OB(O)c1cncc(F)c1.[H-].[Na+]. The number of pyridine rings is 3. The number of benzene rings is 4. The van der Waals surface area contributed by atoms with E-state index in [0.29, 0.717) is 62.4 Å². The van der Waals surface area contributed by atoms with Gasteiger partial charge in [-0.15, -0.1) is 0 Å². The van der Waals surface area contributed by atoms with Crippen LogP contribution >= 0.6 is 58.0 Å². The fraction of sp³-hybridized carbons (Fsp3) is 0.171. The fourth-order valence-corrected chi connectivity index (χ4v) is 13.0. The first-order chi connectivity index (χ1) is 50.7. The van der Waals surface area contributed by atoms with E-state index in [-0.39, 0.29) is 57.7 Å². The molecule has 0 amide bonds. The van der Waals surface area contributed by atoms with Gasteiger partial charge in [-0.25, -0.2) is 61.5 Å². The second kappa shape index (κ2) is 40.2. The molecule has 0 bridgehead atoms. The summed E-state index contributed by atoms with van der Waals surface area (Å²) in [6, 6.07) is 43.9. The summed E-state index contributed by atoms with van der Waals surface area (Å²) in [7, 11) is -5.09. The van der Waals surface area contributed by atoms with Crippen molar-refractivity contribution in [1.82, 2.24) is 54.8 Å². The molecule has 7 N–H and O–H groups in total. The molecule has 7 heterocycles. The number of hydrogen-bond acceptors (Lipinski definition) is 19. The van der Waals surface area contributed by atoms with Crippen LogP contribution in [0.1, 0.15) is 71.6 Å². The van der Waals surface area contributed by atoms with Gasteiger partial charge in [-0.2, -0.15) is 0 Å². The Labute approximate surface area is 660 Å². The Bertz CT molecular complexity index is 5080. The third kappa shape index (κ3) is 24.3. The second-order valence-corrected chi connectivity index (χ2v) is 27.4. The van der Waals surface area contributed by atoms with Gasteiger partial charge in [0.1, 0.15) is 43.2 Å². The molecule has 0 fully saturated rings. The van der Waals surface area contributed by atoms with Crippen molar-refractivity contribution in [3.8, 4) is 22.5 Å². The van der Waals surface area contributed by atoms with Crippen LogP contribution in [0.3, 0.4) is 0 Å². The minimum atomic E-state index is -3.44. The monoisotopic (exact) mass is 1550 g/mol. The Morgan fingerprint density at radius 1 is 0.453 bits per heavy atom. The molecular weight excluding hydrogens is 1490 g/mol. The van der Waals surface area contributed by atoms with Crippen molar-refractivity contribution in [2.24, 2.45) is 5.73 Å². The quantitative estimate of drug-likeness (QED) is 0.0264. The Morgan fingerprint density at radius 2 is 0.811 bits per heavy atom. The van der Waals surface area contributed by atoms with Gasteiger partial charge in [0.25, 0.3) is 0 Å². The van der Waals surface area contributed by atoms with Crippen LogP contribution in [0.15, 0.2) is 212 Å². The number of nitrogens with one attached hydrogen (secondary N) is 3. The van der Waals surface area contributed by atoms with Gasteiger partial charge in [-0.05, 0) is 149 Å². The number of halogens is 8. The normalized spacial score (nSPS) is 12.3. The summed E-state index contributed by atoms with van der Waals surface area (Å²) >= 11 is 28.7. The summed E-state index contributed by atoms with van der Waals surface area (Å²) in [6.45, 7) is 2.92. The fourth-order valence-electron chi connectivity index (χ4n) is 11.4. The molecule has 11 aromatic rings. The van der Waals surface area contributed by atoms with Crippen molar-refractivity contribution in [1.29, 1.82) is 0 Å². The standard InChI is InChI=1S/C20H16ClFN4.C20H17FN4.C15H13Cl2N3.C11H13N.C5H5BFNO2.C5H4Cl2N2O2S.Na.H/c21-19-10-18(15-9-16(22)12-23-11-15)25-20(26-19)24-8-7-14-6-5-13-3-1-2-4-17(13)14;21-17-11-16(12-22-13-17)19-8-10-24-20(25-19)23-9-7-15-6-5-14-3-1-2-4-18(14)15;16-13-9-14(17)20-15(19-13)18-8-7-11-6-5-10-3-1-2-4-12(10)11;12-8-7-10-6-5-9-3-1-2-4-11(9)10;7-5-1-4(6(9)10)2-8-3-5;1-12(10,11)5-8-3(6)2-4(7)9-5;;/h1-4,6,9-12H,5,7-8H2,(H,24,25,26);1-4,6,8,10-13H,5,7,9H2,(H,23,24,25);1-4,6,9H,5,7-8H2,(H,18,19,20);1-4,6H,5,7-8,12H2;1-3,9-10H;2H,1H3;;/q;;;;;;+1;-1. The Hall–Kier alpha value is -8.86. The van der Waals surface area contributed by atoms with Gasteiger partial charge >= 0.3 is 36.7 Å². The smallest absolute Gasteiger partial charge is 1.00 e. The van der Waals surface area contributed by atoms with Crippen molar-refractivity contribution >= 4 is 121 Å². The number of nitrogens with two attached hydrogens (primary N) is 1.